The lowest BCUT2D eigenvalue weighted by atomic mass is 9.98. The van der Waals surface area contributed by atoms with Gasteiger partial charge in [0.05, 0.1) is 19.8 Å². The van der Waals surface area contributed by atoms with Crippen LogP contribution in [0, 0.1) is 5.92 Å². The summed E-state index contributed by atoms with van der Waals surface area (Å²) in [4.78, 5) is 0. The molecule has 1 aliphatic rings. The van der Waals surface area contributed by atoms with Gasteiger partial charge in [-0.15, -0.1) is 0 Å². The molecule has 1 aromatic carbocycles. The molecule has 0 radical (unpaired) electrons. The number of benzene rings is 1. The van der Waals surface area contributed by atoms with Gasteiger partial charge in [0.25, 0.3) is 0 Å². The molecule has 3 nitrogen and oxygen atoms in total. The topological polar surface area (TPSA) is 41.5 Å². The summed E-state index contributed by atoms with van der Waals surface area (Å²) in [6.45, 7) is 0.196. The number of anilines is 1. The summed E-state index contributed by atoms with van der Waals surface area (Å²) < 4.78 is 5.19. The molecule has 0 saturated heterocycles. The standard InChI is InChI=1S/C14H21NO2/c1-17-13-8-4-7-12(9-13)15-14(10-16)11-5-2-3-6-11/h4,7-9,11,14-16H,2-3,5-6,10H2,1H3. The first-order chi connectivity index (χ1) is 8.33. The fourth-order valence-corrected chi connectivity index (χ4v) is 2.60. The van der Waals surface area contributed by atoms with Crippen molar-refractivity contribution in [1.29, 1.82) is 0 Å². The van der Waals surface area contributed by atoms with Crippen LogP contribution in [0.25, 0.3) is 0 Å². The van der Waals surface area contributed by atoms with Gasteiger partial charge in [-0.1, -0.05) is 18.9 Å². The van der Waals surface area contributed by atoms with Crippen LogP contribution in [0.3, 0.4) is 0 Å². The highest BCUT2D eigenvalue weighted by Gasteiger charge is 2.24. The molecule has 0 heterocycles. The smallest absolute Gasteiger partial charge is 0.120 e. The lowest BCUT2D eigenvalue weighted by molar-refractivity contribution is 0.238. The summed E-state index contributed by atoms with van der Waals surface area (Å²) in [5, 5.41) is 12.9. The van der Waals surface area contributed by atoms with Gasteiger partial charge in [0.2, 0.25) is 0 Å². The Labute approximate surface area is 103 Å². The van der Waals surface area contributed by atoms with Crippen molar-refractivity contribution in [2.45, 2.75) is 31.7 Å². The summed E-state index contributed by atoms with van der Waals surface area (Å²) in [7, 11) is 1.67. The first kappa shape index (κ1) is 12.2. The quantitative estimate of drug-likeness (QED) is 0.824. The van der Waals surface area contributed by atoms with E-state index in [0.717, 1.165) is 11.4 Å². The van der Waals surface area contributed by atoms with Crippen molar-refractivity contribution in [1.82, 2.24) is 0 Å². The van der Waals surface area contributed by atoms with Crippen molar-refractivity contribution in [2.75, 3.05) is 19.0 Å². The van der Waals surface area contributed by atoms with Gasteiger partial charge in [-0.05, 0) is 30.9 Å². The van der Waals surface area contributed by atoms with E-state index in [4.69, 9.17) is 4.74 Å². The summed E-state index contributed by atoms with van der Waals surface area (Å²) >= 11 is 0. The maximum atomic E-state index is 9.48. The lowest BCUT2D eigenvalue weighted by Crippen LogP contribution is -2.31. The largest absolute Gasteiger partial charge is 0.497 e. The second kappa shape index (κ2) is 5.92. The number of hydrogen-bond donors (Lipinski definition) is 2. The van der Waals surface area contributed by atoms with Gasteiger partial charge in [0.15, 0.2) is 0 Å². The zero-order valence-corrected chi connectivity index (χ0v) is 10.4. The molecule has 2 N–H and O–H groups in total. The minimum absolute atomic E-state index is 0.171. The summed E-state index contributed by atoms with van der Waals surface area (Å²) in [6.07, 6.45) is 5.03. The summed E-state index contributed by atoms with van der Waals surface area (Å²) in [6, 6.07) is 8.04. The maximum Gasteiger partial charge on any atom is 0.120 e. The third-order valence-electron chi connectivity index (χ3n) is 3.59. The second-order valence-electron chi connectivity index (χ2n) is 4.71. The fourth-order valence-electron chi connectivity index (χ4n) is 2.60. The van der Waals surface area contributed by atoms with Crippen molar-refractivity contribution in [3.05, 3.63) is 24.3 Å². The molecular formula is C14H21NO2. The Balaban J connectivity index is 2.01. The highest BCUT2D eigenvalue weighted by molar-refractivity contribution is 5.49. The number of methoxy groups -OCH3 is 1. The normalized spacial score (nSPS) is 18.0. The van der Waals surface area contributed by atoms with E-state index in [1.54, 1.807) is 7.11 Å². The highest BCUT2D eigenvalue weighted by atomic mass is 16.5. The molecule has 1 unspecified atom stereocenters. The number of hydrogen-bond acceptors (Lipinski definition) is 3. The third kappa shape index (κ3) is 3.13. The summed E-state index contributed by atoms with van der Waals surface area (Å²) in [5.41, 5.74) is 1.02. The van der Waals surface area contributed by atoms with Crippen LogP contribution in [0.15, 0.2) is 24.3 Å². The van der Waals surface area contributed by atoms with Gasteiger partial charge in [0.1, 0.15) is 5.75 Å². The number of ether oxygens (including phenoxy) is 1. The number of nitrogens with one attached hydrogen (secondary N) is 1. The Hall–Kier alpha value is -1.22. The van der Waals surface area contributed by atoms with E-state index in [-0.39, 0.29) is 12.6 Å². The average Bonchev–Trinajstić information content (AvgIpc) is 2.90. The van der Waals surface area contributed by atoms with Crippen LogP contribution in [0.2, 0.25) is 0 Å². The van der Waals surface area contributed by atoms with Crippen LogP contribution in [0.5, 0.6) is 5.75 Å². The van der Waals surface area contributed by atoms with Gasteiger partial charge in [-0.2, -0.15) is 0 Å². The fraction of sp³-hybridized carbons (Fsp3) is 0.571. The van der Waals surface area contributed by atoms with Crippen molar-refractivity contribution in [3.8, 4) is 5.75 Å². The first-order valence-corrected chi connectivity index (χ1v) is 6.35. The van der Waals surface area contributed by atoms with Crippen molar-refractivity contribution < 1.29 is 9.84 Å². The molecule has 0 amide bonds. The van der Waals surface area contributed by atoms with Gasteiger partial charge >= 0.3 is 0 Å². The van der Waals surface area contributed by atoms with Crippen molar-refractivity contribution >= 4 is 5.69 Å². The Bertz CT molecular complexity index is 348. The number of aliphatic hydroxyl groups is 1. The molecule has 1 atom stereocenters. The monoisotopic (exact) mass is 235 g/mol. The number of aliphatic hydroxyl groups excluding tert-OH is 1. The molecule has 17 heavy (non-hydrogen) atoms. The minimum atomic E-state index is 0.171. The zero-order chi connectivity index (χ0) is 12.1. The Morgan fingerprint density at radius 1 is 1.41 bits per heavy atom. The van der Waals surface area contributed by atoms with Crippen molar-refractivity contribution in [3.63, 3.8) is 0 Å². The maximum absolute atomic E-state index is 9.48. The lowest BCUT2D eigenvalue weighted by Gasteiger charge is -2.23. The van der Waals surface area contributed by atoms with Crippen LogP contribution in [0.1, 0.15) is 25.7 Å². The molecule has 1 fully saturated rings. The van der Waals surface area contributed by atoms with E-state index >= 15 is 0 Å². The Kier molecular flexibility index (Phi) is 4.26. The van der Waals surface area contributed by atoms with Crippen LogP contribution in [0.4, 0.5) is 5.69 Å². The van der Waals surface area contributed by atoms with E-state index in [1.165, 1.54) is 25.7 Å². The van der Waals surface area contributed by atoms with Crippen LogP contribution in [-0.4, -0.2) is 24.9 Å². The molecule has 1 aromatic rings. The highest BCUT2D eigenvalue weighted by Crippen LogP contribution is 2.29. The van der Waals surface area contributed by atoms with Crippen molar-refractivity contribution in [2.24, 2.45) is 5.92 Å². The molecule has 0 spiro atoms. The average molecular weight is 235 g/mol. The molecule has 2 rings (SSSR count). The zero-order valence-electron chi connectivity index (χ0n) is 10.4. The molecule has 3 heteroatoms. The number of rotatable bonds is 5. The Morgan fingerprint density at radius 2 is 2.18 bits per heavy atom. The predicted octanol–water partition coefficient (Wildman–Crippen LogP) is 2.66. The van der Waals surface area contributed by atoms with E-state index < -0.39 is 0 Å². The van der Waals surface area contributed by atoms with Crippen LogP contribution < -0.4 is 10.1 Å². The van der Waals surface area contributed by atoms with Gasteiger partial charge in [0, 0.05) is 11.8 Å². The van der Waals surface area contributed by atoms with E-state index in [2.05, 4.69) is 5.32 Å². The van der Waals surface area contributed by atoms with Gasteiger partial charge < -0.3 is 15.2 Å². The predicted molar refractivity (Wildman–Crippen MR) is 69.4 cm³/mol. The molecule has 1 saturated carbocycles. The van der Waals surface area contributed by atoms with E-state index in [0.29, 0.717) is 5.92 Å². The third-order valence-corrected chi connectivity index (χ3v) is 3.59. The molecule has 0 aliphatic heterocycles. The van der Waals surface area contributed by atoms with E-state index in [1.807, 2.05) is 24.3 Å². The summed E-state index contributed by atoms with van der Waals surface area (Å²) in [5.74, 6) is 1.45. The van der Waals surface area contributed by atoms with Gasteiger partial charge in [-0.3, -0.25) is 0 Å². The first-order valence-electron chi connectivity index (χ1n) is 6.35. The van der Waals surface area contributed by atoms with Crippen LogP contribution in [-0.2, 0) is 0 Å². The second-order valence-corrected chi connectivity index (χ2v) is 4.71. The van der Waals surface area contributed by atoms with Gasteiger partial charge in [-0.25, -0.2) is 0 Å². The molecule has 1 aliphatic carbocycles. The molecular weight excluding hydrogens is 214 g/mol. The molecule has 0 aromatic heterocycles. The minimum Gasteiger partial charge on any atom is -0.497 e. The Morgan fingerprint density at radius 3 is 2.82 bits per heavy atom. The molecule has 0 bridgehead atoms. The molecule has 94 valence electrons. The van der Waals surface area contributed by atoms with Crippen LogP contribution >= 0.6 is 0 Å². The van der Waals surface area contributed by atoms with E-state index in [9.17, 15) is 5.11 Å². The SMILES string of the molecule is COc1cccc(NC(CO)C2CCCC2)c1.